The SMILES string of the molecule is CC(=O)[C@]1(O)Cc2c(O)c3c(c(O)c2[C@@H](OC2CC(NO)C(=O)C(C)O2)C1)C(=O)c1c(OCBr)cccc1C3=O. The molecule has 0 saturated carbocycles. The summed E-state index contributed by atoms with van der Waals surface area (Å²) >= 11 is 3.12. The summed E-state index contributed by atoms with van der Waals surface area (Å²) in [4.78, 5) is 52.1. The van der Waals surface area contributed by atoms with E-state index < -0.39 is 88.7 Å². The minimum absolute atomic E-state index is 0.0186. The molecule has 3 unspecified atom stereocenters. The van der Waals surface area contributed by atoms with Gasteiger partial charge in [-0.1, -0.05) is 12.1 Å². The molecule has 2 aromatic rings. The molecule has 2 aromatic carbocycles. The molecule has 5 N–H and O–H groups in total. The van der Waals surface area contributed by atoms with Gasteiger partial charge in [-0.2, -0.15) is 5.48 Å². The van der Waals surface area contributed by atoms with Crippen LogP contribution in [0.15, 0.2) is 18.2 Å². The van der Waals surface area contributed by atoms with Crippen LogP contribution in [0.4, 0.5) is 0 Å². The molecule has 1 aliphatic heterocycles. The first-order valence-corrected chi connectivity index (χ1v) is 13.5. The highest BCUT2D eigenvalue weighted by Crippen LogP contribution is 2.52. The number of ether oxygens (including phenoxy) is 3. The highest BCUT2D eigenvalue weighted by atomic mass is 79.9. The first-order valence-electron chi connectivity index (χ1n) is 12.4. The van der Waals surface area contributed by atoms with E-state index in [4.69, 9.17) is 14.2 Å². The number of phenols is 2. The normalized spacial score (nSPS) is 27.6. The average molecular weight is 620 g/mol. The molecule has 212 valence electrons. The van der Waals surface area contributed by atoms with E-state index >= 15 is 0 Å². The van der Waals surface area contributed by atoms with Crippen molar-refractivity contribution >= 4 is 39.1 Å². The quantitative estimate of drug-likeness (QED) is 0.153. The molecule has 12 nitrogen and oxygen atoms in total. The summed E-state index contributed by atoms with van der Waals surface area (Å²) in [7, 11) is 0. The van der Waals surface area contributed by atoms with Crippen LogP contribution >= 0.6 is 15.9 Å². The van der Waals surface area contributed by atoms with Crippen LogP contribution in [0.25, 0.3) is 0 Å². The predicted octanol–water partition coefficient (Wildman–Crippen LogP) is 1.98. The number of hydrogen-bond donors (Lipinski definition) is 5. The van der Waals surface area contributed by atoms with Gasteiger partial charge in [0.2, 0.25) is 5.78 Å². The number of phenolic OH excluding ortho intramolecular Hbond substituents is 2. The van der Waals surface area contributed by atoms with Crippen molar-refractivity contribution < 1.29 is 53.9 Å². The Hall–Kier alpha value is -3.20. The Morgan fingerprint density at radius 3 is 2.50 bits per heavy atom. The molecule has 1 saturated heterocycles. The fourth-order valence-electron chi connectivity index (χ4n) is 5.64. The van der Waals surface area contributed by atoms with Gasteiger partial charge in [-0.25, -0.2) is 0 Å². The van der Waals surface area contributed by atoms with E-state index in [0.29, 0.717) is 0 Å². The van der Waals surface area contributed by atoms with Gasteiger partial charge in [-0.15, -0.1) is 0 Å². The van der Waals surface area contributed by atoms with Crippen LogP contribution in [-0.2, 0) is 25.5 Å². The van der Waals surface area contributed by atoms with Gasteiger partial charge in [0.1, 0.15) is 34.5 Å². The molecule has 1 heterocycles. The summed E-state index contributed by atoms with van der Waals surface area (Å²) in [5, 5.41) is 43.5. The lowest BCUT2D eigenvalue weighted by Crippen LogP contribution is -2.51. The molecule has 1 fully saturated rings. The summed E-state index contributed by atoms with van der Waals surface area (Å²) in [6.07, 6.45) is -4.47. The number of hydrogen-bond acceptors (Lipinski definition) is 12. The van der Waals surface area contributed by atoms with Crippen LogP contribution in [-0.4, -0.2) is 73.2 Å². The van der Waals surface area contributed by atoms with Crippen LogP contribution in [0.3, 0.4) is 0 Å². The molecule has 0 bridgehead atoms. The molecular formula is C27H26BrNO11. The van der Waals surface area contributed by atoms with Crippen molar-refractivity contribution in [2.75, 3.05) is 5.52 Å². The molecule has 0 spiro atoms. The van der Waals surface area contributed by atoms with Gasteiger partial charge in [-0.05, 0) is 35.8 Å². The van der Waals surface area contributed by atoms with Crippen LogP contribution in [0.2, 0.25) is 0 Å². The Labute approximate surface area is 235 Å². The maximum Gasteiger partial charge on any atom is 0.202 e. The number of nitrogens with one attached hydrogen (secondary N) is 1. The fraction of sp³-hybridized carbons (Fsp3) is 0.407. The minimum Gasteiger partial charge on any atom is -0.507 e. The summed E-state index contributed by atoms with van der Waals surface area (Å²) in [5.74, 6) is -3.86. The zero-order chi connectivity index (χ0) is 29.1. The number of aliphatic hydroxyl groups is 1. The van der Waals surface area contributed by atoms with E-state index in [1.807, 2.05) is 5.48 Å². The van der Waals surface area contributed by atoms with Crippen molar-refractivity contribution in [3.05, 3.63) is 51.6 Å². The van der Waals surface area contributed by atoms with E-state index in [1.54, 1.807) is 0 Å². The van der Waals surface area contributed by atoms with E-state index in [-0.39, 0.29) is 39.9 Å². The predicted molar refractivity (Wildman–Crippen MR) is 138 cm³/mol. The third-order valence-corrected chi connectivity index (χ3v) is 7.95. The molecule has 0 amide bonds. The Bertz CT molecular complexity index is 1460. The summed E-state index contributed by atoms with van der Waals surface area (Å²) in [6.45, 7) is 2.61. The van der Waals surface area contributed by atoms with Gasteiger partial charge in [0, 0.05) is 36.0 Å². The van der Waals surface area contributed by atoms with Crippen LogP contribution in [0.1, 0.15) is 75.8 Å². The monoisotopic (exact) mass is 619 g/mol. The number of benzene rings is 2. The molecular weight excluding hydrogens is 594 g/mol. The number of fused-ring (bicyclic) bond motifs is 3. The fourth-order valence-corrected chi connectivity index (χ4v) is 5.89. The van der Waals surface area contributed by atoms with Gasteiger partial charge >= 0.3 is 0 Å². The van der Waals surface area contributed by atoms with Crippen LogP contribution in [0.5, 0.6) is 17.2 Å². The molecule has 5 rings (SSSR count). The van der Waals surface area contributed by atoms with Gasteiger partial charge in [0.25, 0.3) is 0 Å². The van der Waals surface area contributed by atoms with Crippen molar-refractivity contribution in [2.45, 2.75) is 63.3 Å². The summed E-state index contributed by atoms with van der Waals surface area (Å²) in [5.41, 5.74) is -1.46. The molecule has 5 atom stereocenters. The van der Waals surface area contributed by atoms with Crippen molar-refractivity contribution in [1.82, 2.24) is 5.48 Å². The number of ketones is 4. The van der Waals surface area contributed by atoms with E-state index in [2.05, 4.69) is 15.9 Å². The number of halogens is 1. The van der Waals surface area contributed by atoms with Crippen molar-refractivity contribution in [3.63, 3.8) is 0 Å². The second-order valence-electron chi connectivity index (χ2n) is 10.1. The van der Waals surface area contributed by atoms with Gasteiger partial charge < -0.3 is 34.7 Å². The van der Waals surface area contributed by atoms with Crippen molar-refractivity contribution in [1.29, 1.82) is 0 Å². The zero-order valence-electron chi connectivity index (χ0n) is 21.4. The molecule has 3 aliphatic rings. The number of carbonyl (C=O) groups excluding carboxylic acids is 4. The first-order chi connectivity index (χ1) is 18.9. The van der Waals surface area contributed by atoms with Crippen molar-refractivity contribution in [2.24, 2.45) is 0 Å². The highest BCUT2D eigenvalue weighted by molar-refractivity contribution is 9.09. The Kier molecular flexibility index (Phi) is 7.31. The number of alkyl halides is 1. The Morgan fingerprint density at radius 2 is 1.85 bits per heavy atom. The summed E-state index contributed by atoms with van der Waals surface area (Å²) < 4.78 is 17.1. The number of Topliss-reactive ketones (excluding diaryl/α,β-unsaturated/α-hetero) is 2. The largest absolute Gasteiger partial charge is 0.507 e. The highest BCUT2D eigenvalue weighted by Gasteiger charge is 2.49. The van der Waals surface area contributed by atoms with E-state index in [0.717, 1.165) is 6.92 Å². The average Bonchev–Trinajstić information content (AvgIpc) is 2.91. The van der Waals surface area contributed by atoms with Gasteiger partial charge in [0.05, 0.1) is 28.8 Å². The minimum atomic E-state index is -2.06. The summed E-state index contributed by atoms with van der Waals surface area (Å²) in [6, 6.07) is 3.35. The maximum atomic E-state index is 13.7. The number of carbonyl (C=O) groups is 4. The van der Waals surface area contributed by atoms with Gasteiger partial charge in [0.15, 0.2) is 23.6 Å². The number of rotatable bonds is 6. The first kappa shape index (κ1) is 28.3. The topological polar surface area (TPSA) is 189 Å². The lowest BCUT2D eigenvalue weighted by molar-refractivity contribution is -0.226. The zero-order valence-corrected chi connectivity index (χ0v) is 23.0. The number of hydroxylamine groups is 1. The second-order valence-corrected chi connectivity index (χ2v) is 10.5. The smallest absolute Gasteiger partial charge is 0.202 e. The molecule has 2 aliphatic carbocycles. The molecule has 0 radical (unpaired) electrons. The lowest BCUT2D eigenvalue weighted by atomic mass is 9.72. The Balaban J connectivity index is 1.67. The Morgan fingerprint density at radius 1 is 1.15 bits per heavy atom. The van der Waals surface area contributed by atoms with Crippen LogP contribution < -0.4 is 10.2 Å². The van der Waals surface area contributed by atoms with Crippen LogP contribution in [0, 0.1) is 0 Å². The third-order valence-electron chi connectivity index (χ3n) is 7.72. The maximum absolute atomic E-state index is 13.7. The lowest BCUT2D eigenvalue weighted by Gasteiger charge is -2.41. The van der Waals surface area contributed by atoms with E-state index in [9.17, 15) is 39.7 Å². The standard InChI is InChI=1S/C27H26BrNO11/c1-10-22(31)14(29-37)6-17(39-10)40-16-8-27(36,11(2)30)7-13-19(16)26(35)21-20(24(13)33)23(32)12-4-3-5-15(38-9-28)18(12)25(21)34/h3-5,10,14,16-17,29,33,35-37H,6-9H2,1-2H3/t10?,14?,16-,17?,27-/m0/s1. The molecule has 13 heteroatoms. The molecule has 0 aromatic heterocycles. The number of aromatic hydroxyl groups is 2. The van der Waals surface area contributed by atoms with Crippen molar-refractivity contribution in [3.8, 4) is 17.2 Å². The van der Waals surface area contributed by atoms with E-state index in [1.165, 1.54) is 25.1 Å². The third kappa shape index (κ3) is 4.33. The van der Waals surface area contributed by atoms with Gasteiger partial charge in [-0.3, -0.25) is 19.2 Å². The molecule has 40 heavy (non-hydrogen) atoms. The second kappa shape index (κ2) is 10.3.